The van der Waals surface area contributed by atoms with Gasteiger partial charge in [-0.2, -0.15) is 13.2 Å². The number of nitrogens with one attached hydrogen (secondary N) is 1. The first-order chi connectivity index (χ1) is 15.0. The lowest BCUT2D eigenvalue weighted by molar-refractivity contribution is -0.139. The van der Waals surface area contributed by atoms with Crippen LogP contribution in [0.2, 0.25) is 5.02 Å². The van der Waals surface area contributed by atoms with Gasteiger partial charge in [0.25, 0.3) is 10.0 Å². The molecule has 0 bridgehead atoms. The number of ether oxygens (including phenoxy) is 1. The van der Waals surface area contributed by atoms with Gasteiger partial charge in [-0.1, -0.05) is 29.8 Å². The van der Waals surface area contributed by atoms with Gasteiger partial charge in [-0.15, -0.1) is 0 Å². The van der Waals surface area contributed by atoms with E-state index in [-0.39, 0.29) is 10.6 Å². The van der Waals surface area contributed by atoms with Crippen molar-refractivity contribution in [2.75, 3.05) is 24.9 Å². The van der Waals surface area contributed by atoms with E-state index < -0.39 is 33.6 Å². The molecular formula is C22H20ClF3N2O3S. The lowest BCUT2D eigenvalue weighted by atomic mass is 10.1. The predicted octanol–water partition coefficient (Wildman–Crippen LogP) is 5.40. The Labute approximate surface area is 188 Å². The molecule has 0 amide bonds. The Balaban J connectivity index is 1.65. The third-order valence-electron chi connectivity index (χ3n) is 5.29. The zero-order chi connectivity index (χ0) is 23.1. The van der Waals surface area contributed by atoms with Gasteiger partial charge in [0, 0.05) is 29.6 Å². The standard InChI is InChI=1S/C22H20ClF3N2O3S/c1-28-10-9-16(13-28)31-21-12-15(5-8-19(21)22(24,25)26)27-32(29,30)17-6-7-18-14(11-17)3-2-4-20(18)23/h2-8,11-12,16,27H,9-10,13H2,1H3/t16-/m0/s1. The van der Waals surface area contributed by atoms with Crippen molar-refractivity contribution in [2.24, 2.45) is 0 Å². The first-order valence-corrected chi connectivity index (χ1v) is 11.7. The van der Waals surface area contributed by atoms with Gasteiger partial charge in [-0.3, -0.25) is 4.72 Å². The Kier molecular flexibility index (Phi) is 6.00. The summed E-state index contributed by atoms with van der Waals surface area (Å²) in [5.41, 5.74) is -0.971. The van der Waals surface area contributed by atoms with Crippen molar-refractivity contribution in [2.45, 2.75) is 23.6 Å². The normalized spacial score (nSPS) is 17.6. The first kappa shape index (κ1) is 22.7. The summed E-state index contributed by atoms with van der Waals surface area (Å²) in [4.78, 5) is 1.92. The van der Waals surface area contributed by atoms with Gasteiger partial charge in [0.1, 0.15) is 11.9 Å². The number of rotatable bonds is 5. The lowest BCUT2D eigenvalue weighted by Gasteiger charge is -2.19. The maximum atomic E-state index is 13.5. The second-order valence-electron chi connectivity index (χ2n) is 7.73. The molecule has 5 nitrogen and oxygen atoms in total. The van der Waals surface area contributed by atoms with Crippen molar-refractivity contribution in [1.82, 2.24) is 4.90 Å². The van der Waals surface area contributed by atoms with E-state index in [1.165, 1.54) is 12.1 Å². The smallest absolute Gasteiger partial charge is 0.419 e. The Morgan fingerprint density at radius 1 is 1.12 bits per heavy atom. The van der Waals surface area contributed by atoms with E-state index in [4.69, 9.17) is 16.3 Å². The lowest BCUT2D eigenvalue weighted by Crippen LogP contribution is -2.23. The van der Waals surface area contributed by atoms with Crippen LogP contribution in [0.4, 0.5) is 18.9 Å². The van der Waals surface area contributed by atoms with Crippen LogP contribution in [0.25, 0.3) is 10.8 Å². The van der Waals surface area contributed by atoms with Crippen molar-refractivity contribution in [3.05, 3.63) is 65.2 Å². The molecule has 4 rings (SSSR count). The minimum atomic E-state index is -4.63. The molecule has 0 unspecified atom stereocenters. The van der Waals surface area contributed by atoms with Gasteiger partial charge >= 0.3 is 6.18 Å². The molecule has 1 atom stereocenters. The Morgan fingerprint density at radius 2 is 1.91 bits per heavy atom. The van der Waals surface area contributed by atoms with Gasteiger partial charge < -0.3 is 9.64 Å². The largest absolute Gasteiger partial charge is 0.488 e. The van der Waals surface area contributed by atoms with E-state index in [1.54, 1.807) is 24.3 Å². The molecule has 10 heteroatoms. The van der Waals surface area contributed by atoms with Gasteiger partial charge in [-0.05, 0) is 49.2 Å². The number of anilines is 1. The summed E-state index contributed by atoms with van der Waals surface area (Å²) < 4.78 is 74.2. The zero-order valence-electron chi connectivity index (χ0n) is 17.0. The maximum absolute atomic E-state index is 13.5. The van der Waals surface area contributed by atoms with Crippen molar-refractivity contribution in [1.29, 1.82) is 0 Å². The Bertz CT molecular complexity index is 1270. The summed E-state index contributed by atoms with van der Waals surface area (Å²) in [5.74, 6) is -0.400. The molecule has 1 fully saturated rings. The van der Waals surface area contributed by atoms with Crippen LogP contribution in [-0.2, 0) is 16.2 Å². The van der Waals surface area contributed by atoms with Crippen LogP contribution >= 0.6 is 11.6 Å². The second kappa shape index (κ2) is 8.46. The molecule has 0 aromatic heterocycles. The number of alkyl halides is 3. The van der Waals surface area contributed by atoms with Gasteiger partial charge in [0.05, 0.1) is 16.1 Å². The van der Waals surface area contributed by atoms with Crippen LogP contribution < -0.4 is 9.46 Å². The van der Waals surface area contributed by atoms with E-state index in [2.05, 4.69) is 4.72 Å². The molecule has 170 valence electrons. The van der Waals surface area contributed by atoms with Crippen LogP contribution in [-0.4, -0.2) is 39.6 Å². The third kappa shape index (κ3) is 4.79. The summed E-state index contributed by atoms with van der Waals surface area (Å²) in [5, 5.41) is 1.81. The number of sulfonamides is 1. The molecule has 1 saturated heterocycles. The number of hydrogen-bond donors (Lipinski definition) is 1. The summed E-state index contributed by atoms with van der Waals surface area (Å²) in [6.45, 7) is 1.21. The number of likely N-dealkylation sites (N-methyl/N-ethyl adjacent to an activating group) is 1. The van der Waals surface area contributed by atoms with Gasteiger partial charge in [0.2, 0.25) is 0 Å². The molecule has 0 spiro atoms. The maximum Gasteiger partial charge on any atom is 0.419 e. The van der Waals surface area contributed by atoms with E-state index in [0.717, 1.165) is 18.2 Å². The summed E-state index contributed by atoms with van der Waals surface area (Å²) in [6, 6.07) is 12.5. The average molecular weight is 485 g/mol. The van der Waals surface area contributed by atoms with Crippen molar-refractivity contribution < 1.29 is 26.3 Å². The molecule has 0 aliphatic carbocycles. The van der Waals surface area contributed by atoms with E-state index in [9.17, 15) is 21.6 Å². The highest BCUT2D eigenvalue weighted by atomic mass is 35.5. The fraction of sp³-hybridized carbons (Fsp3) is 0.273. The Morgan fingerprint density at radius 3 is 2.59 bits per heavy atom. The highest BCUT2D eigenvalue weighted by Crippen LogP contribution is 2.39. The number of nitrogens with zero attached hydrogens (tertiary/aromatic N) is 1. The summed E-state index contributed by atoms with van der Waals surface area (Å²) >= 11 is 6.13. The van der Waals surface area contributed by atoms with E-state index in [1.807, 2.05) is 11.9 Å². The minimum Gasteiger partial charge on any atom is -0.488 e. The highest BCUT2D eigenvalue weighted by molar-refractivity contribution is 7.92. The van der Waals surface area contributed by atoms with Crippen LogP contribution in [0.1, 0.15) is 12.0 Å². The minimum absolute atomic E-state index is 0.0226. The van der Waals surface area contributed by atoms with E-state index >= 15 is 0 Å². The van der Waals surface area contributed by atoms with Crippen molar-refractivity contribution in [3.8, 4) is 5.75 Å². The molecule has 3 aromatic rings. The molecule has 0 radical (unpaired) electrons. The summed E-state index contributed by atoms with van der Waals surface area (Å²) in [7, 11) is -2.20. The molecule has 1 aliphatic rings. The van der Waals surface area contributed by atoms with Crippen LogP contribution in [0.15, 0.2) is 59.5 Å². The number of benzene rings is 3. The third-order valence-corrected chi connectivity index (χ3v) is 7.00. The molecule has 3 aromatic carbocycles. The molecule has 32 heavy (non-hydrogen) atoms. The van der Waals surface area contributed by atoms with Crippen LogP contribution in [0, 0.1) is 0 Å². The highest BCUT2D eigenvalue weighted by Gasteiger charge is 2.36. The summed E-state index contributed by atoms with van der Waals surface area (Å²) in [6.07, 6.45) is -4.45. The van der Waals surface area contributed by atoms with Crippen LogP contribution in [0.3, 0.4) is 0 Å². The zero-order valence-corrected chi connectivity index (χ0v) is 18.6. The second-order valence-corrected chi connectivity index (χ2v) is 9.82. The van der Waals surface area contributed by atoms with Gasteiger partial charge in [-0.25, -0.2) is 8.42 Å². The molecule has 1 heterocycles. The monoisotopic (exact) mass is 484 g/mol. The van der Waals surface area contributed by atoms with E-state index in [0.29, 0.717) is 35.3 Å². The SMILES string of the molecule is CN1CC[C@H](Oc2cc(NS(=O)(=O)c3ccc4c(Cl)cccc4c3)ccc2C(F)(F)F)C1. The number of hydrogen-bond acceptors (Lipinski definition) is 4. The fourth-order valence-electron chi connectivity index (χ4n) is 3.69. The number of likely N-dealkylation sites (tertiary alicyclic amines) is 1. The fourth-order valence-corrected chi connectivity index (χ4v) is 5.02. The van der Waals surface area contributed by atoms with Crippen molar-refractivity contribution in [3.63, 3.8) is 0 Å². The molecular weight excluding hydrogens is 465 g/mol. The molecule has 1 N–H and O–H groups in total. The number of fused-ring (bicyclic) bond motifs is 1. The predicted molar refractivity (Wildman–Crippen MR) is 118 cm³/mol. The molecule has 0 saturated carbocycles. The molecule has 1 aliphatic heterocycles. The van der Waals surface area contributed by atoms with Gasteiger partial charge in [0.15, 0.2) is 0 Å². The van der Waals surface area contributed by atoms with Crippen LogP contribution in [0.5, 0.6) is 5.75 Å². The quantitative estimate of drug-likeness (QED) is 0.527. The average Bonchev–Trinajstić information content (AvgIpc) is 3.11. The Hall–Kier alpha value is -2.49. The van der Waals surface area contributed by atoms with Crippen molar-refractivity contribution >= 4 is 38.1 Å². The topological polar surface area (TPSA) is 58.6 Å². The number of halogens is 4. The first-order valence-electron chi connectivity index (χ1n) is 9.80.